The molecule has 0 heterocycles. The van der Waals surface area contributed by atoms with Crippen molar-refractivity contribution >= 4 is 17.4 Å². The molecule has 3 N–H and O–H groups in total. The molecule has 0 aliphatic heterocycles. The molecule has 3 heteroatoms. The van der Waals surface area contributed by atoms with E-state index in [1.54, 1.807) is 0 Å². The van der Waals surface area contributed by atoms with Crippen molar-refractivity contribution in [2.45, 2.75) is 18.2 Å². The van der Waals surface area contributed by atoms with Gasteiger partial charge in [-0.25, -0.2) is 0 Å². The third-order valence-electron chi connectivity index (χ3n) is 2.00. The first kappa shape index (κ1) is 11.4. The number of nitrogens with two attached hydrogens (primary N) is 1. The fourth-order valence-electron chi connectivity index (χ4n) is 1.20. The van der Waals surface area contributed by atoms with E-state index in [-0.39, 0.29) is 0 Å². The predicted molar refractivity (Wildman–Crippen MR) is 64.9 cm³/mol. The molecule has 0 radical (unpaired) electrons. The Labute approximate surface area is 90.3 Å². The summed E-state index contributed by atoms with van der Waals surface area (Å²) >= 11 is 1.84. The van der Waals surface area contributed by atoms with Gasteiger partial charge in [-0.3, -0.25) is 0 Å². The molecule has 0 unspecified atom stereocenters. The number of nitrogens with one attached hydrogen (secondary N) is 1. The van der Waals surface area contributed by atoms with Crippen LogP contribution in [-0.4, -0.2) is 19.3 Å². The maximum atomic E-state index is 5.87. The average Bonchev–Trinajstić information content (AvgIpc) is 2.18. The number of rotatable bonds is 5. The van der Waals surface area contributed by atoms with Crippen LogP contribution >= 0.6 is 11.8 Å². The first-order valence-electron chi connectivity index (χ1n) is 4.87. The second-order valence-corrected chi connectivity index (χ2v) is 4.48. The molecular formula is C11H18N2S. The first-order chi connectivity index (χ1) is 6.74. The zero-order valence-corrected chi connectivity index (χ0v) is 9.66. The standard InChI is InChI=1S/C11H18N2S/c1-9-4-5-10(12)11(8-9)14-7-3-6-13-2/h4-5,8,13H,3,6-7,12H2,1-2H3. The monoisotopic (exact) mass is 210 g/mol. The molecule has 0 atom stereocenters. The zero-order valence-electron chi connectivity index (χ0n) is 8.84. The molecule has 0 saturated carbocycles. The van der Waals surface area contributed by atoms with E-state index >= 15 is 0 Å². The average molecular weight is 210 g/mol. The van der Waals surface area contributed by atoms with Crippen molar-refractivity contribution in [3.8, 4) is 0 Å². The molecule has 1 aromatic carbocycles. The number of anilines is 1. The Hall–Kier alpha value is -0.670. The molecule has 0 bridgehead atoms. The van der Waals surface area contributed by atoms with Crippen LogP contribution in [0.2, 0.25) is 0 Å². The van der Waals surface area contributed by atoms with Gasteiger partial charge in [0.25, 0.3) is 0 Å². The Morgan fingerprint density at radius 2 is 2.21 bits per heavy atom. The van der Waals surface area contributed by atoms with Crippen molar-refractivity contribution in [1.29, 1.82) is 0 Å². The highest BCUT2D eigenvalue weighted by Gasteiger charge is 1.99. The van der Waals surface area contributed by atoms with Gasteiger partial charge in [-0.05, 0) is 50.4 Å². The summed E-state index contributed by atoms with van der Waals surface area (Å²) in [5, 5.41) is 3.14. The van der Waals surface area contributed by atoms with E-state index < -0.39 is 0 Å². The third-order valence-corrected chi connectivity index (χ3v) is 3.16. The lowest BCUT2D eigenvalue weighted by Crippen LogP contribution is -2.08. The molecule has 1 rings (SSSR count). The van der Waals surface area contributed by atoms with Crippen LogP contribution in [-0.2, 0) is 0 Å². The third kappa shape index (κ3) is 3.60. The summed E-state index contributed by atoms with van der Waals surface area (Å²) in [6.45, 7) is 3.16. The molecule has 0 aliphatic carbocycles. The van der Waals surface area contributed by atoms with Gasteiger partial charge >= 0.3 is 0 Å². The van der Waals surface area contributed by atoms with Gasteiger partial charge in [-0.15, -0.1) is 11.8 Å². The normalized spacial score (nSPS) is 10.4. The van der Waals surface area contributed by atoms with E-state index in [9.17, 15) is 0 Å². The molecule has 2 nitrogen and oxygen atoms in total. The molecule has 14 heavy (non-hydrogen) atoms. The van der Waals surface area contributed by atoms with E-state index in [4.69, 9.17) is 5.73 Å². The van der Waals surface area contributed by atoms with Crippen LogP contribution in [0.25, 0.3) is 0 Å². The Balaban J connectivity index is 2.45. The molecule has 0 aromatic heterocycles. The minimum absolute atomic E-state index is 0.894. The number of nitrogen functional groups attached to an aromatic ring is 1. The van der Waals surface area contributed by atoms with Crippen LogP contribution in [0.4, 0.5) is 5.69 Å². The number of aryl methyl sites for hydroxylation is 1. The van der Waals surface area contributed by atoms with Gasteiger partial charge in [-0.1, -0.05) is 6.07 Å². The summed E-state index contributed by atoms with van der Waals surface area (Å²) in [6, 6.07) is 6.18. The minimum atomic E-state index is 0.894. The summed E-state index contributed by atoms with van der Waals surface area (Å²) in [4.78, 5) is 1.21. The summed E-state index contributed by atoms with van der Waals surface area (Å²) in [5.74, 6) is 1.12. The van der Waals surface area contributed by atoms with Crippen molar-refractivity contribution in [2.24, 2.45) is 0 Å². The van der Waals surface area contributed by atoms with Crippen LogP contribution in [0.5, 0.6) is 0 Å². The van der Waals surface area contributed by atoms with E-state index in [0.717, 1.165) is 18.0 Å². The van der Waals surface area contributed by atoms with Crippen LogP contribution < -0.4 is 11.1 Å². The lowest BCUT2D eigenvalue weighted by molar-refractivity contribution is 0.778. The van der Waals surface area contributed by atoms with Crippen molar-refractivity contribution in [1.82, 2.24) is 5.32 Å². The summed E-state index contributed by atoms with van der Waals surface area (Å²) in [6.07, 6.45) is 1.18. The molecular weight excluding hydrogens is 192 g/mol. The summed E-state index contributed by atoms with van der Waals surface area (Å²) in [7, 11) is 1.98. The van der Waals surface area contributed by atoms with Crippen LogP contribution in [0.1, 0.15) is 12.0 Å². The smallest absolute Gasteiger partial charge is 0.0452 e. The zero-order chi connectivity index (χ0) is 10.4. The van der Waals surface area contributed by atoms with Crippen LogP contribution in [0, 0.1) is 6.92 Å². The van der Waals surface area contributed by atoms with E-state index in [1.165, 1.54) is 16.9 Å². The van der Waals surface area contributed by atoms with Gasteiger partial charge in [0.1, 0.15) is 0 Å². The summed E-state index contributed by atoms with van der Waals surface area (Å²) in [5.41, 5.74) is 8.03. The van der Waals surface area contributed by atoms with Crippen LogP contribution in [0.15, 0.2) is 23.1 Å². The molecule has 0 fully saturated rings. The number of hydrogen-bond acceptors (Lipinski definition) is 3. The topological polar surface area (TPSA) is 38.0 Å². The highest BCUT2D eigenvalue weighted by molar-refractivity contribution is 7.99. The van der Waals surface area contributed by atoms with Gasteiger partial charge in [0, 0.05) is 10.6 Å². The summed E-state index contributed by atoms with van der Waals surface area (Å²) < 4.78 is 0. The second-order valence-electron chi connectivity index (χ2n) is 3.35. The Kier molecular flexibility index (Phi) is 4.84. The molecule has 78 valence electrons. The van der Waals surface area contributed by atoms with Gasteiger partial charge in [0.15, 0.2) is 0 Å². The van der Waals surface area contributed by atoms with Crippen molar-refractivity contribution in [3.63, 3.8) is 0 Å². The second kappa shape index (κ2) is 5.94. The molecule has 0 aliphatic rings. The Morgan fingerprint density at radius 1 is 1.43 bits per heavy atom. The Morgan fingerprint density at radius 3 is 2.93 bits per heavy atom. The molecule has 1 aromatic rings. The molecule has 0 saturated heterocycles. The number of hydrogen-bond donors (Lipinski definition) is 2. The van der Waals surface area contributed by atoms with E-state index in [1.807, 2.05) is 30.9 Å². The Bertz CT molecular complexity index is 287. The highest BCUT2D eigenvalue weighted by atomic mass is 32.2. The quantitative estimate of drug-likeness (QED) is 0.445. The van der Waals surface area contributed by atoms with E-state index in [0.29, 0.717) is 0 Å². The lowest BCUT2D eigenvalue weighted by atomic mass is 10.2. The number of thioether (sulfide) groups is 1. The van der Waals surface area contributed by atoms with Crippen molar-refractivity contribution < 1.29 is 0 Å². The minimum Gasteiger partial charge on any atom is -0.398 e. The fraction of sp³-hybridized carbons (Fsp3) is 0.455. The van der Waals surface area contributed by atoms with Gasteiger partial charge in [0.2, 0.25) is 0 Å². The number of benzene rings is 1. The van der Waals surface area contributed by atoms with Gasteiger partial charge in [-0.2, -0.15) is 0 Å². The predicted octanol–water partition coefficient (Wildman–Crippen LogP) is 2.28. The maximum absolute atomic E-state index is 5.87. The fourth-order valence-corrected chi connectivity index (χ4v) is 2.21. The van der Waals surface area contributed by atoms with E-state index in [2.05, 4.69) is 18.3 Å². The SMILES string of the molecule is CNCCCSc1cc(C)ccc1N. The van der Waals surface area contributed by atoms with Crippen molar-refractivity contribution in [3.05, 3.63) is 23.8 Å². The first-order valence-corrected chi connectivity index (χ1v) is 5.86. The highest BCUT2D eigenvalue weighted by Crippen LogP contribution is 2.26. The molecule has 0 spiro atoms. The van der Waals surface area contributed by atoms with Gasteiger partial charge in [0.05, 0.1) is 0 Å². The van der Waals surface area contributed by atoms with Crippen molar-refractivity contribution in [2.75, 3.05) is 25.1 Å². The van der Waals surface area contributed by atoms with Crippen LogP contribution in [0.3, 0.4) is 0 Å². The largest absolute Gasteiger partial charge is 0.398 e. The maximum Gasteiger partial charge on any atom is 0.0452 e. The molecule has 0 amide bonds. The van der Waals surface area contributed by atoms with Gasteiger partial charge < -0.3 is 11.1 Å². The lowest BCUT2D eigenvalue weighted by Gasteiger charge is -2.06.